The number of rotatable bonds is 5. The van der Waals surface area contributed by atoms with Crippen LogP contribution in [0.3, 0.4) is 0 Å². The van der Waals surface area contributed by atoms with Crippen molar-refractivity contribution in [2.45, 2.75) is 20.3 Å². The van der Waals surface area contributed by atoms with Gasteiger partial charge in [0.2, 0.25) is 5.91 Å². The van der Waals surface area contributed by atoms with Crippen molar-refractivity contribution in [3.05, 3.63) is 66.9 Å². The summed E-state index contributed by atoms with van der Waals surface area (Å²) >= 11 is 0. The highest BCUT2D eigenvalue weighted by atomic mass is 19.1. The van der Waals surface area contributed by atoms with E-state index in [0.717, 1.165) is 11.2 Å². The number of imidazole rings is 2. The quantitative estimate of drug-likeness (QED) is 0.331. The lowest BCUT2D eigenvalue weighted by molar-refractivity contribution is -0.115. The van der Waals surface area contributed by atoms with Crippen molar-refractivity contribution in [1.82, 2.24) is 39.7 Å². The molecule has 36 heavy (non-hydrogen) atoms. The Balaban J connectivity index is 1.46. The van der Waals surface area contributed by atoms with E-state index in [1.165, 1.54) is 6.07 Å². The highest BCUT2D eigenvalue weighted by Gasteiger charge is 2.18. The van der Waals surface area contributed by atoms with Gasteiger partial charge < -0.3 is 10.3 Å². The van der Waals surface area contributed by atoms with Gasteiger partial charge in [0.1, 0.15) is 23.1 Å². The SMILES string of the molecule is CCC(=O)Nc1cncc(-c2cc(F)c3n[nH]c(-c4nc5c(-n6cnc(C)c6)nccc5[nH]4)c3c2)c1. The average molecular weight is 481 g/mol. The number of carbonyl (C=O) groups excluding carboxylic acids is 1. The van der Waals surface area contributed by atoms with Gasteiger partial charge in [0.05, 0.1) is 23.1 Å². The van der Waals surface area contributed by atoms with Crippen molar-refractivity contribution in [2.24, 2.45) is 0 Å². The Hall–Kier alpha value is -4.93. The van der Waals surface area contributed by atoms with Gasteiger partial charge in [-0.1, -0.05) is 6.92 Å². The topological polar surface area (TPSA) is 130 Å². The molecule has 5 aromatic heterocycles. The molecule has 0 unspecified atom stereocenters. The Morgan fingerprint density at radius 2 is 2.03 bits per heavy atom. The van der Waals surface area contributed by atoms with E-state index in [9.17, 15) is 4.79 Å². The van der Waals surface area contributed by atoms with E-state index in [1.54, 1.807) is 37.9 Å². The molecule has 6 aromatic rings. The largest absolute Gasteiger partial charge is 0.336 e. The number of carbonyl (C=O) groups is 1. The molecule has 0 aliphatic carbocycles. The summed E-state index contributed by atoms with van der Waals surface area (Å²) in [6.07, 6.45) is 8.76. The monoisotopic (exact) mass is 481 g/mol. The van der Waals surface area contributed by atoms with Crippen molar-refractivity contribution in [3.8, 4) is 28.5 Å². The molecular weight excluding hydrogens is 461 g/mol. The molecule has 0 fully saturated rings. The summed E-state index contributed by atoms with van der Waals surface area (Å²) in [7, 11) is 0. The fraction of sp³-hybridized carbons (Fsp3) is 0.120. The normalized spacial score (nSPS) is 11.4. The molecule has 10 nitrogen and oxygen atoms in total. The summed E-state index contributed by atoms with van der Waals surface area (Å²) in [6, 6.07) is 6.81. The number of fused-ring (bicyclic) bond motifs is 2. The molecule has 6 rings (SSSR count). The van der Waals surface area contributed by atoms with E-state index in [-0.39, 0.29) is 11.4 Å². The first kappa shape index (κ1) is 21.6. The van der Waals surface area contributed by atoms with Crippen LogP contribution in [-0.4, -0.2) is 45.6 Å². The average Bonchev–Trinajstić information content (AvgIpc) is 3.61. The Morgan fingerprint density at radius 3 is 2.83 bits per heavy atom. The third-order valence-electron chi connectivity index (χ3n) is 5.86. The Morgan fingerprint density at radius 1 is 1.14 bits per heavy atom. The number of hydrogen-bond acceptors (Lipinski definition) is 6. The number of H-pyrrole nitrogens is 2. The molecular formula is C25H20FN9O. The minimum Gasteiger partial charge on any atom is -0.336 e. The molecule has 0 aliphatic heterocycles. The van der Waals surface area contributed by atoms with Crippen LogP contribution in [0.4, 0.5) is 10.1 Å². The van der Waals surface area contributed by atoms with Crippen LogP contribution in [0.5, 0.6) is 0 Å². The molecule has 0 saturated heterocycles. The zero-order chi connectivity index (χ0) is 24.8. The zero-order valence-corrected chi connectivity index (χ0v) is 19.4. The molecule has 1 aromatic carbocycles. The second-order valence-electron chi connectivity index (χ2n) is 8.36. The minimum absolute atomic E-state index is 0.127. The van der Waals surface area contributed by atoms with E-state index < -0.39 is 5.82 Å². The van der Waals surface area contributed by atoms with Crippen LogP contribution in [0.15, 0.2) is 55.4 Å². The number of benzene rings is 1. The third kappa shape index (κ3) is 3.66. The molecule has 0 saturated carbocycles. The number of hydrogen-bond donors (Lipinski definition) is 3. The first-order chi connectivity index (χ1) is 17.5. The molecule has 11 heteroatoms. The van der Waals surface area contributed by atoms with Gasteiger partial charge in [0, 0.05) is 36.0 Å². The summed E-state index contributed by atoms with van der Waals surface area (Å²) in [5, 5.41) is 10.4. The number of halogens is 1. The number of nitrogens with zero attached hydrogens (tertiary/aromatic N) is 6. The highest BCUT2D eigenvalue weighted by molar-refractivity contribution is 5.97. The van der Waals surface area contributed by atoms with Gasteiger partial charge in [-0.15, -0.1) is 0 Å². The molecule has 3 N–H and O–H groups in total. The number of pyridine rings is 2. The van der Waals surface area contributed by atoms with Crippen LogP contribution < -0.4 is 5.32 Å². The maximum atomic E-state index is 15.1. The molecule has 178 valence electrons. The first-order valence-electron chi connectivity index (χ1n) is 11.3. The zero-order valence-electron chi connectivity index (χ0n) is 19.4. The summed E-state index contributed by atoms with van der Waals surface area (Å²) in [4.78, 5) is 32.8. The standard InChI is InChI=1S/C25H20FN9O/c1-3-20(36)30-16-6-15(9-27-10-16)14-7-17-21(18(26)8-14)33-34-22(17)24-31-19-4-5-28-25(23(19)32-24)35-11-13(2)29-12-35/h4-12H,3H2,1-2H3,(H,30,36)(H,31,32)(H,33,34). The lowest BCUT2D eigenvalue weighted by Gasteiger charge is -2.07. The van der Waals surface area contributed by atoms with Gasteiger partial charge in [-0.3, -0.25) is 19.4 Å². The van der Waals surface area contributed by atoms with Crippen LogP contribution in [0.2, 0.25) is 0 Å². The second-order valence-corrected chi connectivity index (χ2v) is 8.36. The van der Waals surface area contributed by atoms with Crippen molar-refractivity contribution in [1.29, 1.82) is 0 Å². The first-order valence-corrected chi connectivity index (χ1v) is 11.3. The second kappa shape index (κ2) is 8.38. The van der Waals surface area contributed by atoms with Crippen molar-refractivity contribution in [3.63, 3.8) is 0 Å². The molecule has 1 amide bonds. The molecule has 0 bridgehead atoms. The van der Waals surface area contributed by atoms with Crippen molar-refractivity contribution >= 4 is 33.5 Å². The third-order valence-corrected chi connectivity index (χ3v) is 5.86. The summed E-state index contributed by atoms with van der Waals surface area (Å²) in [5.41, 5.74) is 4.80. The number of anilines is 1. The van der Waals surface area contributed by atoms with Crippen LogP contribution in [-0.2, 0) is 4.79 Å². The fourth-order valence-electron chi connectivity index (χ4n) is 4.10. The Bertz CT molecular complexity index is 1760. The highest BCUT2D eigenvalue weighted by Crippen LogP contribution is 2.33. The number of aromatic amines is 2. The van der Waals surface area contributed by atoms with Gasteiger partial charge >= 0.3 is 0 Å². The maximum Gasteiger partial charge on any atom is 0.224 e. The lowest BCUT2D eigenvalue weighted by atomic mass is 10.0. The van der Waals surface area contributed by atoms with E-state index in [0.29, 0.717) is 51.5 Å². The predicted molar refractivity (Wildman–Crippen MR) is 133 cm³/mol. The number of aromatic nitrogens is 8. The van der Waals surface area contributed by atoms with Crippen LogP contribution >= 0.6 is 0 Å². The fourth-order valence-corrected chi connectivity index (χ4v) is 4.10. The van der Waals surface area contributed by atoms with Crippen molar-refractivity contribution < 1.29 is 9.18 Å². The molecule has 0 spiro atoms. The van der Waals surface area contributed by atoms with Gasteiger partial charge in [0.25, 0.3) is 0 Å². The van der Waals surface area contributed by atoms with Crippen LogP contribution in [0.25, 0.3) is 50.4 Å². The van der Waals surface area contributed by atoms with Gasteiger partial charge in [-0.05, 0) is 36.8 Å². The van der Waals surface area contributed by atoms with Crippen LogP contribution in [0.1, 0.15) is 19.0 Å². The van der Waals surface area contributed by atoms with E-state index >= 15 is 4.39 Å². The number of nitrogens with one attached hydrogen (secondary N) is 3. The van der Waals surface area contributed by atoms with Crippen molar-refractivity contribution in [2.75, 3.05) is 5.32 Å². The van der Waals surface area contributed by atoms with E-state index in [4.69, 9.17) is 4.98 Å². The van der Waals surface area contributed by atoms with Gasteiger partial charge in [-0.25, -0.2) is 19.3 Å². The molecule has 0 atom stereocenters. The van der Waals surface area contributed by atoms with E-state index in [2.05, 4.69) is 35.5 Å². The summed E-state index contributed by atoms with van der Waals surface area (Å²) in [5.74, 6) is 0.512. The molecule has 0 aliphatic rings. The molecule has 0 radical (unpaired) electrons. The Kier molecular flexibility index (Phi) is 5.03. The smallest absolute Gasteiger partial charge is 0.224 e. The summed E-state index contributed by atoms with van der Waals surface area (Å²) < 4.78 is 16.9. The lowest BCUT2D eigenvalue weighted by Crippen LogP contribution is -2.09. The minimum atomic E-state index is -0.486. The number of aryl methyl sites for hydroxylation is 1. The Labute approximate surface area is 203 Å². The predicted octanol–water partition coefficient (Wildman–Crippen LogP) is 4.54. The van der Waals surface area contributed by atoms with Gasteiger partial charge in [0.15, 0.2) is 17.5 Å². The maximum absolute atomic E-state index is 15.1. The van der Waals surface area contributed by atoms with Gasteiger partial charge in [-0.2, -0.15) is 5.10 Å². The van der Waals surface area contributed by atoms with Crippen LogP contribution in [0, 0.1) is 12.7 Å². The molecule has 5 heterocycles. The van der Waals surface area contributed by atoms with E-state index in [1.807, 2.05) is 29.8 Å². The summed E-state index contributed by atoms with van der Waals surface area (Å²) in [6.45, 7) is 3.67. The number of amides is 1.